The third kappa shape index (κ3) is 2.92. The molecule has 22 heavy (non-hydrogen) atoms. The number of rotatable bonds is 4. The number of carbonyl (C=O) groups excluding carboxylic acids is 1. The van der Waals surface area contributed by atoms with E-state index in [4.69, 9.17) is 4.74 Å². The molecular weight excluding hydrogens is 280 g/mol. The molecule has 1 aliphatic heterocycles. The van der Waals surface area contributed by atoms with Crippen LogP contribution in [0.3, 0.4) is 0 Å². The van der Waals surface area contributed by atoms with Gasteiger partial charge in [-0.15, -0.1) is 0 Å². The summed E-state index contributed by atoms with van der Waals surface area (Å²) in [7, 11) is 2.03. The predicted octanol–water partition coefficient (Wildman–Crippen LogP) is 1.89. The molecule has 1 aromatic heterocycles. The summed E-state index contributed by atoms with van der Waals surface area (Å²) in [4.78, 5) is 18.1. The minimum absolute atomic E-state index is 0.213. The normalized spacial score (nSPS) is 18.1. The lowest BCUT2D eigenvalue weighted by Gasteiger charge is -2.16. The Bertz CT molecular complexity index is 667. The number of nitrogens with zero attached hydrogens (tertiary/aromatic N) is 3. The van der Waals surface area contributed by atoms with E-state index in [-0.39, 0.29) is 6.09 Å². The first-order chi connectivity index (χ1) is 10.7. The van der Waals surface area contributed by atoms with E-state index in [2.05, 4.69) is 20.9 Å². The lowest BCUT2D eigenvalue weighted by atomic mass is 10.2. The van der Waals surface area contributed by atoms with E-state index in [9.17, 15) is 4.79 Å². The number of ether oxygens (including phenoxy) is 1. The van der Waals surface area contributed by atoms with Gasteiger partial charge in [0.05, 0.1) is 24.2 Å². The summed E-state index contributed by atoms with van der Waals surface area (Å²) in [6.07, 6.45) is 0.734. The fraction of sp³-hybridized carbons (Fsp3) is 0.500. The molecule has 0 aliphatic carbocycles. The number of aromatic nitrogens is 2. The molecule has 1 N–H and O–H groups in total. The molecule has 1 amide bonds. The fourth-order valence-electron chi connectivity index (χ4n) is 2.90. The molecule has 118 valence electrons. The van der Waals surface area contributed by atoms with Gasteiger partial charge in [0, 0.05) is 26.2 Å². The molecule has 3 rings (SSSR count). The van der Waals surface area contributed by atoms with Gasteiger partial charge in [-0.2, -0.15) is 0 Å². The second-order valence-corrected chi connectivity index (χ2v) is 5.59. The SMILES string of the molecule is CCOC(=O)N1CCC(NCc2nc3ccccc3n2C)C1. The van der Waals surface area contributed by atoms with Crippen molar-refractivity contribution >= 4 is 17.1 Å². The van der Waals surface area contributed by atoms with Gasteiger partial charge in [0.2, 0.25) is 0 Å². The summed E-state index contributed by atoms with van der Waals surface area (Å²) in [5, 5.41) is 3.49. The number of benzene rings is 1. The Hall–Kier alpha value is -2.08. The molecule has 1 unspecified atom stereocenters. The van der Waals surface area contributed by atoms with Gasteiger partial charge in [-0.25, -0.2) is 9.78 Å². The van der Waals surface area contributed by atoms with Gasteiger partial charge >= 0.3 is 6.09 Å². The van der Waals surface area contributed by atoms with E-state index < -0.39 is 0 Å². The zero-order valence-corrected chi connectivity index (χ0v) is 13.1. The summed E-state index contributed by atoms with van der Waals surface area (Å²) in [6, 6.07) is 8.42. The number of likely N-dealkylation sites (tertiary alicyclic amines) is 1. The maximum atomic E-state index is 11.7. The molecule has 2 aromatic rings. The molecule has 1 saturated heterocycles. The van der Waals surface area contributed by atoms with Crippen molar-refractivity contribution in [3.05, 3.63) is 30.1 Å². The Morgan fingerprint density at radius 1 is 1.45 bits per heavy atom. The molecule has 1 aliphatic rings. The lowest BCUT2D eigenvalue weighted by Crippen LogP contribution is -2.35. The van der Waals surface area contributed by atoms with Gasteiger partial charge in [-0.3, -0.25) is 0 Å². The molecule has 1 aromatic carbocycles. The van der Waals surface area contributed by atoms with Crippen molar-refractivity contribution in [2.75, 3.05) is 19.7 Å². The Morgan fingerprint density at radius 2 is 2.27 bits per heavy atom. The van der Waals surface area contributed by atoms with Crippen molar-refractivity contribution in [3.8, 4) is 0 Å². The minimum Gasteiger partial charge on any atom is -0.450 e. The van der Waals surface area contributed by atoms with Crippen LogP contribution in [0.4, 0.5) is 4.79 Å². The standard InChI is InChI=1S/C16H22N4O2/c1-3-22-16(21)20-9-8-12(11-20)17-10-15-18-13-6-4-5-7-14(13)19(15)2/h4-7,12,17H,3,8-11H2,1-2H3. The van der Waals surface area contributed by atoms with Crippen LogP contribution in [0, 0.1) is 0 Å². The van der Waals surface area contributed by atoms with Gasteiger partial charge in [0.15, 0.2) is 0 Å². The first-order valence-corrected chi connectivity index (χ1v) is 7.74. The molecule has 0 bridgehead atoms. The Balaban J connectivity index is 1.58. The number of amides is 1. The highest BCUT2D eigenvalue weighted by Crippen LogP contribution is 2.15. The zero-order valence-electron chi connectivity index (χ0n) is 13.1. The van der Waals surface area contributed by atoms with E-state index in [0.29, 0.717) is 25.7 Å². The van der Waals surface area contributed by atoms with Crippen molar-refractivity contribution in [3.63, 3.8) is 0 Å². The number of hydrogen-bond donors (Lipinski definition) is 1. The number of para-hydroxylation sites is 2. The number of carbonyl (C=O) groups is 1. The maximum absolute atomic E-state index is 11.7. The molecule has 1 atom stereocenters. The average Bonchev–Trinajstić information content (AvgIpc) is 3.11. The van der Waals surface area contributed by atoms with E-state index >= 15 is 0 Å². The number of hydrogen-bond acceptors (Lipinski definition) is 4. The molecule has 6 nitrogen and oxygen atoms in total. The van der Waals surface area contributed by atoms with Gasteiger partial charge in [0.1, 0.15) is 5.82 Å². The van der Waals surface area contributed by atoms with Crippen molar-refractivity contribution in [1.29, 1.82) is 0 Å². The Labute approximate surface area is 130 Å². The Kier molecular flexibility index (Phi) is 4.29. The van der Waals surface area contributed by atoms with Gasteiger partial charge < -0.3 is 19.5 Å². The third-order valence-electron chi connectivity index (χ3n) is 4.14. The van der Waals surface area contributed by atoms with E-state index in [1.807, 2.05) is 32.2 Å². The fourth-order valence-corrected chi connectivity index (χ4v) is 2.90. The van der Waals surface area contributed by atoms with Gasteiger partial charge in [-0.05, 0) is 25.5 Å². The number of fused-ring (bicyclic) bond motifs is 1. The van der Waals surface area contributed by atoms with Gasteiger partial charge in [-0.1, -0.05) is 12.1 Å². The molecular formula is C16H22N4O2. The minimum atomic E-state index is -0.213. The van der Waals surface area contributed by atoms with Crippen molar-refractivity contribution in [2.45, 2.75) is 25.9 Å². The van der Waals surface area contributed by atoms with Crippen LogP contribution in [0.2, 0.25) is 0 Å². The number of nitrogens with one attached hydrogen (secondary N) is 1. The van der Waals surface area contributed by atoms with Crippen LogP contribution in [-0.2, 0) is 18.3 Å². The second-order valence-electron chi connectivity index (χ2n) is 5.59. The quantitative estimate of drug-likeness (QED) is 0.937. The molecule has 6 heteroatoms. The van der Waals surface area contributed by atoms with E-state index in [0.717, 1.165) is 29.8 Å². The highest BCUT2D eigenvalue weighted by molar-refractivity contribution is 5.75. The molecule has 1 fully saturated rings. The van der Waals surface area contributed by atoms with E-state index in [1.165, 1.54) is 0 Å². The van der Waals surface area contributed by atoms with Crippen molar-refractivity contribution < 1.29 is 9.53 Å². The van der Waals surface area contributed by atoms with Crippen LogP contribution in [0.1, 0.15) is 19.2 Å². The highest BCUT2D eigenvalue weighted by atomic mass is 16.6. The second kappa shape index (κ2) is 6.36. The van der Waals surface area contributed by atoms with Crippen LogP contribution in [0.25, 0.3) is 11.0 Å². The molecule has 0 radical (unpaired) electrons. The van der Waals surface area contributed by atoms with Crippen molar-refractivity contribution in [1.82, 2.24) is 19.8 Å². The summed E-state index contributed by atoms with van der Waals surface area (Å²) < 4.78 is 7.15. The number of imidazole rings is 1. The Morgan fingerprint density at radius 3 is 3.05 bits per heavy atom. The lowest BCUT2D eigenvalue weighted by molar-refractivity contribution is 0.115. The zero-order chi connectivity index (χ0) is 15.5. The first-order valence-electron chi connectivity index (χ1n) is 7.74. The van der Waals surface area contributed by atoms with Crippen molar-refractivity contribution in [2.24, 2.45) is 7.05 Å². The largest absolute Gasteiger partial charge is 0.450 e. The summed E-state index contributed by atoms with van der Waals surface area (Å²) in [5.41, 5.74) is 2.15. The molecule has 0 spiro atoms. The van der Waals surface area contributed by atoms with Crippen LogP contribution in [0.15, 0.2) is 24.3 Å². The molecule has 2 heterocycles. The van der Waals surface area contributed by atoms with Crippen LogP contribution in [-0.4, -0.2) is 46.3 Å². The number of aryl methyl sites for hydroxylation is 1. The maximum Gasteiger partial charge on any atom is 0.409 e. The topological polar surface area (TPSA) is 59.4 Å². The molecule has 0 saturated carbocycles. The summed E-state index contributed by atoms with van der Waals surface area (Å²) in [5.74, 6) is 1.01. The third-order valence-corrected chi connectivity index (χ3v) is 4.14. The predicted molar refractivity (Wildman–Crippen MR) is 84.6 cm³/mol. The van der Waals surface area contributed by atoms with Crippen LogP contribution in [0.5, 0.6) is 0 Å². The van der Waals surface area contributed by atoms with E-state index in [1.54, 1.807) is 4.90 Å². The highest BCUT2D eigenvalue weighted by Gasteiger charge is 2.26. The summed E-state index contributed by atoms with van der Waals surface area (Å²) in [6.45, 7) is 4.40. The monoisotopic (exact) mass is 302 g/mol. The first kappa shape index (κ1) is 14.8. The van der Waals surface area contributed by atoms with Crippen LogP contribution >= 0.6 is 0 Å². The van der Waals surface area contributed by atoms with Gasteiger partial charge in [0.25, 0.3) is 0 Å². The van der Waals surface area contributed by atoms with Crippen LogP contribution < -0.4 is 5.32 Å². The smallest absolute Gasteiger partial charge is 0.409 e. The average molecular weight is 302 g/mol. The summed E-state index contributed by atoms with van der Waals surface area (Å²) >= 11 is 0.